The molecule has 0 N–H and O–H groups in total. The second-order valence-electron chi connectivity index (χ2n) is 11.8. The molecule has 0 bridgehead atoms. The van der Waals surface area contributed by atoms with Crippen molar-refractivity contribution in [2.24, 2.45) is 0 Å². The van der Waals surface area contributed by atoms with Crippen LogP contribution < -0.4 is 20.7 Å². The van der Waals surface area contributed by atoms with Gasteiger partial charge in [0.25, 0.3) is 16.6 Å². The summed E-state index contributed by atoms with van der Waals surface area (Å²) < 4.78 is 15.4. The molecule has 4 aromatic carbocycles. The van der Waals surface area contributed by atoms with Gasteiger partial charge in [-0.15, -0.1) is 0 Å². The largest absolute Gasteiger partial charge is 0.426 e. The minimum atomic E-state index is -2.88. The van der Waals surface area contributed by atoms with E-state index < -0.39 is 33.3 Å². The lowest BCUT2D eigenvalue weighted by molar-refractivity contribution is 0.410. The smallest absolute Gasteiger partial charge is 0.312 e. The molecule has 0 saturated heterocycles. The van der Waals surface area contributed by atoms with E-state index in [1.807, 2.05) is 0 Å². The zero-order valence-electron chi connectivity index (χ0n) is 26.8. The summed E-state index contributed by atoms with van der Waals surface area (Å²) in [4.78, 5) is 0. The molecule has 43 heavy (non-hydrogen) atoms. The summed E-state index contributed by atoms with van der Waals surface area (Å²) >= 11 is 0. The van der Waals surface area contributed by atoms with Crippen molar-refractivity contribution >= 4 is 54.0 Å². The van der Waals surface area contributed by atoms with Crippen LogP contribution in [0, 0.1) is 0 Å². The van der Waals surface area contributed by atoms with Gasteiger partial charge in [0.05, 0.1) is 8.07 Å². The van der Waals surface area contributed by atoms with Gasteiger partial charge in [-0.2, -0.15) is 0 Å². The third-order valence-corrected chi connectivity index (χ3v) is 27.0. The molecule has 2 nitrogen and oxygen atoms in total. The fourth-order valence-electron chi connectivity index (χ4n) is 6.19. The Morgan fingerprint density at radius 2 is 0.767 bits per heavy atom. The molecule has 6 heteroatoms. The molecule has 0 atom stereocenters. The summed E-state index contributed by atoms with van der Waals surface area (Å²) in [5.41, 5.74) is 7.51. The average molecular weight is 637 g/mol. The molecule has 0 aromatic heterocycles. The van der Waals surface area contributed by atoms with Crippen LogP contribution in [-0.2, 0) is 8.23 Å². The lowest BCUT2D eigenvalue weighted by atomic mass is 10.4. The van der Waals surface area contributed by atoms with Gasteiger partial charge in [-0.1, -0.05) is 183 Å². The minimum Gasteiger partial charge on any atom is -0.426 e. The average Bonchev–Trinajstić information content (AvgIpc) is 3.06. The van der Waals surface area contributed by atoms with Gasteiger partial charge >= 0.3 is 8.56 Å². The molecule has 0 amide bonds. The molecule has 224 valence electrons. The van der Waals surface area contributed by atoms with Crippen LogP contribution in [0.3, 0.4) is 0 Å². The molecule has 0 spiro atoms. The van der Waals surface area contributed by atoms with Crippen LogP contribution in [0.15, 0.2) is 145 Å². The van der Waals surface area contributed by atoms with Crippen LogP contribution in [-0.4, -0.2) is 33.3 Å². The first-order valence-corrected chi connectivity index (χ1v) is 25.2. The maximum atomic E-state index is 7.76. The van der Waals surface area contributed by atoms with E-state index in [1.54, 1.807) is 0 Å². The molecular weight excluding hydrogens is 589 g/mol. The fraction of sp³-hybridized carbons (Fsp3) is 0.243. The lowest BCUT2D eigenvalue weighted by Crippen LogP contribution is -2.70. The predicted octanol–water partition coefficient (Wildman–Crippen LogP) is 7.50. The first-order chi connectivity index (χ1) is 20.8. The molecule has 0 aliphatic heterocycles. The summed E-state index contributed by atoms with van der Waals surface area (Å²) in [7, 11) is -10.1. The summed E-state index contributed by atoms with van der Waals surface area (Å²) in [5, 5.41) is 5.01. The summed E-state index contributed by atoms with van der Waals surface area (Å²) in [5.74, 6) is 0. The van der Waals surface area contributed by atoms with Crippen molar-refractivity contribution in [3.63, 3.8) is 0 Å². The Hall–Kier alpha value is -2.85. The van der Waals surface area contributed by atoms with E-state index >= 15 is 0 Å². The zero-order chi connectivity index (χ0) is 30.8. The molecule has 4 aromatic rings. The highest BCUT2D eigenvalue weighted by atomic mass is 28.5. The Labute approximate surface area is 264 Å². The fourth-order valence-corrected chi connectivity index (χ4v) is 24.6. The molecule has 0 saturated carbocycles. The molecule has 4 rings (SSSR count). The third kappa shape index (κ3) is 7.45. The number of hydrogen-bond acceptors (Lipinski definition) is 2. The van der Waals surface area contributed by atoms with Gasteiger partial charge in [-0.3, -0.25) is 0 Å². The Balaban J connectivity index is 1.94. The topological polar surface area (TPSA) is 18.5 Å². The van der Waals surface area contributed by atoms with E-state index in [9.17, 15) is 0 Å². The van der Waals surface area contributed by atoms with Crippen molar-refractivity contribution in [3.05, 3.63) is 145 Å². The Morgan fingerprint density at radius 3 is 1.05 bits per heavy atom. The molecule has 0 aliphatic rings. The molecular formula is C37H48O2Si4. The number of hydrogen-bond donors (Lipinski definition) is 0. The van der Waals surface area contributed by atoms with Crippen molar-refractivity contribution < 1.29 is 8.23 Å². The minimum absolute atomic E-state index is 1.24. The Morgan fingerprint density at radius 1 is 0.465 bits per heavy atom. The van der Waals surface area contributed by atoms with E-state index in [0.29, 0.717) is 0 Å². The first kappa shape index (κ1) is 33.0. The molecule has 0 fully saturated rings. The van der Waals surface area contributed by atoms with E-state index in [1.165, 1.54) is 38.9 Å². The Kier molecular flexibility index (Phi) is 11.3. The van der Waals surface area contributed by atoms with Crippen LogP contribution in [0.2, 0.25) is 31.2 Å². The number of benzene rings is 4. The SMILES string of the molecule is CC=C[Si](O[Si](C)(C)O[Si](C=C[Si](CC)(CC)CC)(c1ccccc1)c1ccccc1)(c1ccccc1)c1ccccc1. The van der Waals surface area contributed by atoms with Gasteiger partial charge in [-0.25, -0.2) is 0 Å². The molecule has 0 radical (unpaired) electrons. The van der Waals surface area contributed by atoms with Crippen molar-refractivity contribution in [1.82, 2.24) is 0 Å². The zero-order valence-corrected chi connectivity index (χ0v) is 30.8. The highest BCUT2D eigenvalue weighted by molar-refractivity contribution is 7.09. The Bertz CT molecular complexity index is 1360. The summed E-state index contributed by atoms with van der Waals surface area (Å²) in [6.07, 6.45) is 2.17. The molecule has 0 heterocycles. The normalized spacial score (nSPS) is 13.2. The highest BCUT2D eigenvalue weighted by Crippen LogP contribution is 2.27. The second kappa shape index (κ2) is 14.7. The summed E-state index contributed by atoms with van der Waals surface area (Å²) in [6, 6.07) is 47.2. The van der Waals surface area contributed by atoms with Crippen LogP contribution in [0.4, 0.5) is 0 Å². The van der Waals surface area contributed by atoms with Gasteiger partial charge < -0.3 is 8.23 Å². The van der Waals surface area contributed by atoms with Crippen molar-refractivity contribution in [2.45, 2.75) is 58.9 Å². The lowest BCUT2D eigenvalue weighted by Gasteiger charge is -2.42. The van der Waals surface area contributed by atoms with Crippen LogP contribution >= 0.6 is 0 Å². The standard InChI is InChI=1S/C37H48O2Si4/c1-7-31-42(34-23-15-11-16-24-34,35-25-17-12-18-26-35)38-40(5,6)39-43(36-27-19-13-20-28-36,37-29-21-14-22-30-37)33-32-41(8-2,9-3)10-4/h7,11-33H,8-10H2,1-6H3. The first-order valence-electron chi connectivity index (χ1n) is 15.8. The highest BCUT2D eigenvalue weighted by Gasteiger charge is 2.49. The van der Waals surface area contributed by atoms with E-state index in [0.717, 1.165) is 0 Å². The number of rotatable bonds is 14. The maximum absolute atomic E-state index is 7.76. The third-order valence-electron chi connectivity index (χ3n) is 8.81. The van der Waals surface area contributed by atoms with Crippen LogP contribution in [0.25, 0.3) is 0 Å². The van der Waals surface area contributed by atoms with Crippen molar-refractivity contribution in [2.75, 3.05) is 0 Å². The van der Waals surface area contributed by atoms with Crippen LogP contribution in [0.1, 0.15) is 27.7 Å². The monoisotopic (exact) mass is 636 g/mol. The maximum Gasteiger partial charge on any atom is 0.312 e. The van der Waals surface area contributed by atoms with E-state index in [-0.39, 0.29) is 0 Å². The van der Waals surface area contributed by atoms with Crippen molar-refractivity contribution in [3.8, 4) is 0 Å². The van der Waals surface area contributed by atoms with Crippen molar-refractivity contribution in [1.29, 1.82) is 0 Å². The van der Waals surface area contributed by atoms with Gasteiger partial charge in [0, 0.05) is 0 Å². The van der Waals surface area contributed by atoms with E-state index in [2.05, 4.69) is 185 Å². The van der Waals surface area contributed by atoms with E-state index in [4.69, 9.17) is 8.23 Å². The predicted molar refractivity (Wildman–Crippen MR) is 197 cm³/mol. The number of allylic oxidation sites excluding steroid dienone is 1. The van der Waals surface area contributed by atoms with Crippen LogP contribution in [0.5, 0.6) is 0 Å². The molecule has 0 aliphatic carbocycles. The van der Waals surface area contributed by atoms with Gasteiger partial charge in [0.2, 0.25) is 0 Å². The quantitative estimate of drug-likeness (QED) is 0.134. The molecule has 0 unspecified atom stereocenters. The van der Waals surface area contributed by atoms with Gasteiger partial charge in [-0.05, 0) is 40.8 Å². The second-order valence-corrected chi connectivity index (χ2v) is 27.3. The van der Waals surface area contributed by atoms with Gasteiger partial charge in [0.15, 0.2) is 0 Å². The van der Waals surface area contributed by atoms with Gasteiger partial charge in [0.1, 0.15) is 0 Å². The summed E-state index contributed by atoms with van der Waals surface area (Å²) in [6.45, 7) is 13.7.